The molecule has 0 amide bonds. The van der Waals surface area contributed by atoms with E-state index in [1.165, 1.54) is 11.8 Å². The van der Waals surface area contributed by atoms with E-state index in [0.717, 1.165) is 10.5 Å². The summed E-state index contributed by atoms with van der Waals surface area (Å²) in [6, 6.07) is 12.7. The number of ether oxygens (including phenoxy) is 2. The quantitative estimate of drug-likeness (QED) is 0.394. The number of thioether (sulfide) groups is 1. The Bertz CT molecular complexity index is 708. The van der Waals surface area contributed by atoms with Crippen molar-refractivity contribution >= 4 is 17.4 Å². The number of hydrogen-bond acceptors (Lipinski definition) is 6. The summed E-state index contributed by atoms with van der Waals surface area (Å²) in [4.78, 5) is 11.5. The molecular formula is C15H14N2O4S. The van der Waals surface area contributed by atoms with Crippen LogP contribution in [-0.2, 0) is 0 Å². The molecule has 0 aromatic heterocycles. The van der Waals surface area contributed by atoms with Crippen molar-refractivity contribution in [1.82, 2.24) is 0 Å². The third-order valence-corrected chi connectivity index (χ3v) is 4.60. The number of nitrogen functional groups attached to an aromatic ring is 1. The van der Waals surface area contributed by atoms with Gasteiger partial charge < -0.3 is 15.2 Å². The first-order chi connectivity index (χ1) is 10.6. The van der Waals surface area contributed by atoms with Crippen LogP contribution in [0, 0.1) is 10.1 Å². The summed E-state index contributed by atoms with van der Waals surface area (Å²) < 4.78 is 10.6. The molecule has 1 aliphatic heterocycles. The fourth-order valence-corrected chi connectivity index (χ4v) is 3.35. The highest BCUT2D eigenvalue weighted by molar-refractivity contribution is 7.99. The number of hydrogen-bond donors (Lipinski definition) is 1. The van der Waals surface area contributed by atoms with Crippen molar-refractivity contribution in [3.05, 3.63) is 58.1 Å². The molecule has 7 heteroatoms. The normalized spacial score (nSPS) is 13.8. The van der Waals surface area contributed by atoms with E-state index >= 15 is 0 Å². The Morgan fingerprint density at radius 1 is 1.23 bits per heavy atom. The fourth-order valence-electron chi connectivity index (χ4n) is 2.20. The average Bonchev–Trinajstić information content (AvgIpc) is 2.95. The molecule has 0 fully saturated rings. The molecule has 0 bridgehead atoms. The van der Waals surface area contributed by atoms with Gasteiger partial charge in [-0.1, -0.05) is 18.2 Å². The van der Waals surface area contributed by atoms with Gasteiger partial charge in [-0.05, 0) is 29.8 Å². The lowest BCUT2D eigenvalue weighted by Gasteiger charge is -2.14. The lowest BCUT2D eigenvalue weighted by atomic mass is 10.1. The van der Waals surface area contributed by atoms with E-state index in [4.69, 9.17) is 15.2 Å². The van der Waals surface area contributed by atoms with E-state index in [-0.39, 0.29) is 23.5 Å². The molecule has 0 unspecified atom stereocenters. The molecule has 1 atom stereocenters. The number of rotatable bonds is 5. The molecule has 3 rings (SSSR count). The van der Waals surface area contributed by atoms with Crippen LogP contribution >= 0.6 is 11.8 Å². The second-order valence-electron chi connectivity index (χ2n) is 4.77. The second kappa shape index (κ2) is 6.15. The minimum atomic E-state index is -0.353. The second-order valence-corrected chi connectivity index (χ2v) is 6.02. The van der Waals surface area contributed by atoms with Crippen molar-refractivity contribution < 1.29 is 14.4 Å². The topological polar surface area (TPSA) is 87.6 Å². The van der Waals surface area contributed by atoms with Crippen LogP contribution in [0.25, 0.3) is 0 Å². The van der Waals surface area contributed by atoms with Crippen molar-refractivity contribution in [2.75, 3.05) is 19.1 Å². The number of nitro groups is 1. The molecule has 0 radical (unpaired) electrons. The summed E-state index contributed by atoms with van der Waals surface area (Å²) >= 11 is 1.38. The molecule has 0 aliphatic carbocycles. The molecule has 1 heterocycles. The summed E-state index contributed by atoms with van der Waals surface area (Å²) in [5.74, 6) is 1.28. The van der Waals surface area contributed by atoms with Gasteiger partial charge in [0.05, 0.1) is 5.25 Å². The molecule has 2 N–H and O–H groups in total. The molecule has 1 aliphatic rings. The fraction of sp³-hybridized carbons (Fsp3) is 0.200. The number of nitrogens with two attached hydrogens (primary N) is 1. The highest BCUT2D eigenvalue weighted by Gasteiger charge is 2.23. The first-order valence-electron chi connectivity index (χ1n) is 6.66. The zero-order chi connectivity index (χ0) is 15.5. The van der Waals surface area contributed by atoms with E-state index < -0.39 is 0 Å². The van der Waals surface area contributed by atoms with E-state index in [1.54, 1.807) is 18.2 Å². The van der Waals surface area contributed by atoms with Gasteiger partial charge in [0, 0.05) is 15.5 Å². The van der Waals surface area contributed by atoms with Crippen LogP contribution in [-0.4, -0.2) is 18.3 Å². The van der Waals surface area contributed by atoms with Gasteiger partial charge >= 0.3 is 0 Å². The Morgan fingerprint density at radius 3 is 2.77 bits per heavy atom. The summed E-state index contributed by atoms with van der Waals surface area (Å²) in [5.41, 5.74) is 7.36. The molecule has 114 valence electrons. The molecule has 0 saturated carbocycles. The first-order valence-corrected chi connectivity index (χ1v) is 7.54. The van der Waals surface area contributed by atoms with Gasteiger partial charge in [-0.3, -0.25) is 10.1 Å². The van der Waals surface area contributed by atoms with Crippen molar-refractivity contribution in [1.29, 1.82) is 0 Å². The van der Waals surface area contributed by atoms with Crippen LogP contribution in [0.3, 0.4) is 0 Å². The van der Waals surface area contributed by atoms with Crippen molar-refractivity contribution in [3.63, 3.8) is 0 Å². The molecule has 22 heavy (non-hydrogen) atoms. The Labute approximate surface area is 131 Å². The maximum absolute atomic E-state index is 11.0. The summed E-state index contributed by atoms with van der Waals surface area (Å²) in [5, 5.41) is 10.6. The van der Waals surface area contributed by atoms with E-state index in [1.807, 2.05) is 24.3 Å². The van der Waals surface area contributed by atoms with Gasteiger partial charge in [0.2, 0.25) is 13.3 Å². The Hall–Kier alpha value is -2.41. The maximum Gasteiger partial charge on any atom is 0.231 e. The van der Waals surface area contributed by atoms with Crippen LogP contribution in [0.5, 0.6) is 11.5 Å². The number of para-hydroxylation sites is 1. The Morgan fingerprint density at radius 2 is 2.00 bits per heavy atom. The largest absolute Gasteiger partial charge is 0.454 e. The predicted molar refractivity (Wildman–Crippen MR) is 83.9 cm³/mol. The Kier molecular flexibility index (Phi) is 4.06. The third-order valence-electron chi connectivity index (χ3n) is 3.27. The van der Waals surface area contributed by atoms with E-state index in [9.17, 15) is 10.1 Å². The molecular weight excluding hydrogens is 304 g/mol. The highest BCUT2D eigenvalue weighted by atomic mass is 32.2. The third kappa shape index (κ3) is 3.09. The zero-order valence-electron chi connectivity index (χ0n) is 11.6. The summed E-state index contributed by atoms with van der Waals surface area (Å²) in [6.45, 7) is -0.0177. The highest BCUT2D eigenvalue weighted by Crippen LogP contribution is 2.41. The molecule has 6 nitrogen and oxygen atoms in total. The first kappa shape index (κ1) is 14.5. The molecule has 0 spiro atoms. The van der Waals surface area contributed by atoms with Crippen LogP contribution in [0.1, 0.15) is 10.8 Å². The number of fused-ring (bicyclic) bond motifs is 1. The SMILES string of the molecule is Nc1ccccc1S[C@@H](C[N+](=O)[O-])c1ccc2c(c1)OCO2. The average molecular weight is 318 g/mol. The molecule has 0 saturated heterocycles. The van der Waals surface area contributed by atoms with Crippen molar-refractivity contribution in [2.45, 2.75) is 10.1 Å². The van der Waals surface area contributed by atoms with Gasteiger partial charge in [-0.2, -0.15) is 0 Å². The standard InChI is InChI=1S/C15H14N2O4S/c16-11-3-1-2-4-14(11)22-15(8-17(18)19)10-5-6-12-13(7-10)21-9-20-12/h1-7,15H,8-9,16H2/t15-/m0/s1. The monoisotopic (exact) mass is 318 g/mol. The molecule has 2 aromatic carbocycles. The number of nitrogens with zero attached hydrogens (tertiary/aromatic N) is 1. The summed E-state index contributed by atoms with van der Waals surface area (Å²) in [6.07, 6.45) is 0. The van der Waals surface area contributed by atoms with Gasteiger partial charge in [0.25, 0.3) is 0 Å². The van der Waals surface area contributed by atoms with Gasteiger partial charge in [0.15, 0.2) is 11.5 Å². The number of anilines is 1. The van der Waals surface area contributed by atoms with E-state index in [2.05, 4.69) is 0 Å². The smallest absolute Gasteiger partial charge is 0.231 e. The van der Waals surface area contributed by atoms with Crippen LogP contribution < -0.4 is 15.2 Å². The van der Waals surface area contributed by atoms with Gasteiger partial charge in [0.1, 0.15) is 0 Å². The van der Waals surface area contributed by atoms with Gasteiger partial charge in [-0.25, -0.2) is 0 Å². The Balaban J connectivity index is 1.89. The van der Waals surface area contributed by atoms with Crippen molar-refractivity contribution in [2.24, 2.45) is 0 Å². The van der Waals surface area contributed by atoms with Crippen molar-refractivity contribution in [3.8, 4) is 11.5 Å². The van der Waals surface area contributed by atoms with Crippen LogP contribution in [0.15, 0.2) is 47.4 Å². The number of benzene rings is 2. The predicted octanol–water partition coefficient (Wildman–Crippen LogP) is 3.11. The lowest BCUT2D eigenvalue weighted by molar-refractivity contribution is -0.479. The maximum atomic E-state index is 11.0. The minimum Gasteiger partial charge on any atom is -0.454 e. The van der Waals surface area contributed by atoms with Crippen LogP contribution in [0.4, 0.5) is 5.69 Å². The van der Waals surface area contributed by atoms with Gasteiger partial charge in [-0.15, -0.1) is 11.8 Å². The van der Waals surface area contributed by atoms with E-state index in [0.29, 0.717) is 17.2 Å². The zero-order valence-corrected chi connectivity index (χ0v) is 12.4. The lowest BCUT2D eigenvalue weighted by Crippen LogP contribution is -2.10. The van der Waals surface area contributed by atoms with Crippen LogP contribution in [0.2, 0.25) is 0 Å². The molecule has 2 aromatic rings. The summed E-state index contributed by atoms with van der Waals surface area (Å²) in [7, 11) is 0. The minimum absolute atomic E-state index is 0.178.